The van der Waals surface area contributed by atoms with E-state index < -0.39 is 22.7 Å². The number of rotatable bonds is 4. The van der Waals surface area contributed by atoms with E-state index in [1.54, 1.807) is 0 Å². The Labute approximate surface area is 205 Å². The fraction of sp³-hybridized carbons (Fsp3) is 0. The molecule has 0 radical (unpaired) electrons. The Morgan fingerprint density at radius 2 is 1.39 bits per heavy atom. The highest BCUT2D eigenvalue weighted by Gasteiger charge is 2.42. The summed E-state index contributed by atoms with van der Waals surface area (Å²) in [5, 5.41) is 10.0. The van der Waals surface area contributed by atoms with E-state index >= 15 is 0 Å². The smallest absolute Gasteiger partial charge is 0.343 e. The fourth-order valence-corrected chi connectivity index (χ4v) is 4.17. The second-order valence-corrected chi connectivity index (χ2v) is 8.15. The van der Waals surface area contributed by atoms with Crippen LogP contribution in [0.1, 0.15) is 31.1 Å². The van der Waals surface area contributed by atoms with Gasteiger partial charge in [0.15, 0.2) is 0 Å². The predicted octanol–water partition coefficient (Wildman–Crippen LogP) is 6.23. The highest BCUT2D eigenvalue weighted by molar-refractivity contribution is 6.56. The first-order valence-electron chi connectivity index (χ1n) is 8.93. The van der Waals surface area contributed by atoms with Crippen LogP contribution in [0.15, 0.2) is 48.5 Å². The first-order valence-corrected chi connectivity index (χ1v) is 10.4. The highest BCUT2D eigenvalue weighted by atomic mass is 35.5. The van der Waals surface area contributed by atoms with Crippen LogP contribution in [0.25, 0.3) is 0 Å². The van der Waals surface area contributed by atoms with Gasteiger partial charge in [0.2, 0.25) is 0 Å². The van der Waals surface area contributed by atoms with Crippen LogP contribution in [0.3, 0.4) is 0 Å². The lowest BCUT2D eigenvalue weighted by molar-refractivity contribution is -0.384. The first kappa shape index (κ1) is 23.0. The minimum atomic E-state index is -0.797. The maximum absolute atomic E-state index is 13.0. The number of esters is 1. The SMILES string of the molecule is O=C(Oc1cccc(N2C(=O)c3c(Cl)c(Cl)c(Cl)c(Cl)c3C2=O)c1)c1ccc([N+](=O)[O-])cc1. The Balaban J connectivity index is 1.64. The zero-order valence-electron chi connectivity index (χ0n) is 16.0. The van der Waals surface area contributed by atoms with Crippen molar-refractivity contribution in [3.05, 3.63) is 95.4 Å². The van der Waals surface area contributed by atoms with E-state index in [1.807, 2.05) is 0 Å². The fourth-order valence-electron chi connectivity index (χ4n) is 3.15. The lowest BCUT2D eigenvalue weighted by Crippen LogP contribution is -2.29. The molecule has 0 atom stereocenters. The number of hydrogen-bond donors (Lipinski definition) is 0. The van der Waals surface area contributed by atoms with Gasteiger partial charge >= 0.3 is 5.97 Å². The Hall–Kier alpha value is -3.17. The standard InChI is InChI=1S/C21H8Cl4N2O6/c22-15-13-14(16(23)18(25)17(15)24)20(29)26(19(13)28)11-2-1-3-12(8-11)33-21(30)9-4-6-10(7-5-9)27(31)32/h1-8H. The number of imide groups is 1. The summed E-state index contributed by atoms with van der Waals surface area (Å²) >= 11 is 24.3. The summed E-state index contributed by atoms with van der Waals surface area (Å²) in [4.78, 5) is 49.3. The molecule has 0 fully saturated rings. The van der Waals surface area contributed by atoms with Gasteiger partial charge < -0.3 is 4.74 Å². The molecule has 0 N–H and O–H groups in total. The van der Waals surface area contributed by atoms with Gasteiger partial charge in [-0.1, -0.05) is 52.5 Å². The van der Waals surface area contributed by atoms with Gasteiger partial charge in [-0.2, -0.15) is 0 Å². The quantitative estimate of drug-likeness (QED) is 0.0760. The van der Waals surface area contributed by atoms with Crippen LogP contribution in [-0.4, -0.2) is 22.7 Å². The maximum atomic E-state index is 13.0. The number of nitro benzene ring substituents is 1. The molecule has 12 heteroatoms. The topological polar surface area (TPSA) is 107 Å². The van der Waals surface area contributed by atoms with Crippen molar-refractivity contribution in [1.82, 2.24) is 0 Å². The molecule has 8 nitrogen and oxygen atoms in total. The van der Waals surface area contributed by atoms with E-state index in [0.717, 1.165) is 17.0 Å². The van der Waals surface area contributed by atoms with Crippen molar-refractivity contribution in [3.63, 3.8) is 0 Å². The summed E-state index contributed by atoms with van der Waals surface area (Å²) in [6, 6.07) is 10.4. The molecule has 0 aromatic heterocycles. The number of nitro groups is 1. The second kappa shape index (κ2) is 8.64. The predicted molar refractivity (Wildman–Crippen MR) is 122 cm³/mol. The molecule has 0 saturated carbocycles. The van der Waals surface area contributed by atoms with Crippen LogP contribution in [-0.2, 0) is 0 Å². The molecule has 0 bridgehead atoms. The Morgan fingerprint density at radius 1 is 0.848 bits per heavy atom. The lowest BCUT2D eigenvalue weighted by atomic mass is 10.1. The number of non-ortho nitro benzene ring substituents is 1. The van der Waals surface area contributed by atoms with Crippen LogP contribution in [0.4, 0.5) is 11.4 Å². The largest absolute Gasteiger partial charge is 0.423 e. The number of hydrogen-bond acceptors (Lipinski definition) is 6. The number of carbonyl (C=O) groups is 3. The van der Waals surface area contributed by atoms with Crippen molar-refractivity contribution in [3.8, 4) is 5.75 Å². The van der Waals surface area contributed by atoms with E-state index in [9.17, 15) is 24.5 Å². The van der Waals surface area contributed by atoms with E-state index in [1.165, 1.54) is 36.4 Å². The number of halogens is 4. The summed E-state index contributed by atoms with van der Waals surface area (Å²) in [6.07, 6.45) is 0. The van der Waals surface area contributed by atoms with Crippen LogP contribution >= 0.6 is 46.4 Å². The molecule has 1 aliphatic rings. The van der Waals surface area contributed by atoms with Crippen LogP contribution in [0.5, 0.6) is 5.75 Å². The summed E-state index contributed by atoms with van der Waals surface area (Å²) in [5.74, 6) is -2.34. The number of ether oxygens (including phenoxy) is 1. The molecule has 33 heavy (non-hydrogen) atoms. The van der Waals surface area contributed by atoms with E-state index in [2.05, 4.69) is 0 Å². The molecule has 3 aromatic carbocycles. The van der Waals surface area contributed by atoms with Gasteiger partial charge in [0.25, 0.3) is 17.5 Å². The third kappa shape index (κ3) is 3.91. The lowest BCUT2D eigenvalue weighted by Gasteiger charge is -2.15. The molecule has 0 spiro atoms. The normalized spacial score (nSPS) is 12.7. The minimum absolute atomic E-state index is 0.0145. The van der Waals surface area contributed by atoms with Gasteiger partial charge in [-0.3, -0.25) is 19.7 Å². The monoisotopic (exact) mass is 524 g/mol. The van der Waals surface area contributed by atoms with Crippen molar-refractivity contribution < 1.29 is 24.0 Å². The van der Waals surface area contributed by atoms with Gasteiger partial charge in [0.1, 0.15) is 5.75 Å². The van der Waals surface area contributed by atoms with Crippen molar-refractivity contribution >= 4 is 75.6 Å². The number of carbonyl (C=O) groups excluding carboxylic acids is 3. The third-order valence-electron chi connectivity index (χ3n) is 4.70. The van der Waals surface area contributed by atoms with Crippen molar-refractivity contribution in [2.24, 2.45) is 0 Å². The van der Waals surface area contributed by atoms with Crippen LogP contribution in [0, 0.1) is 10.1 Å². The van der Waals surface area contributed by atoms with Gasteiger partial charge in [0, 0.05) is 18.2 Å². The van der Waals surface area contributed by atoms with Crippen molar-refractivity contribution in [1.29, 1.82) is 0 Å². The van der Waals surface area contributed by atoms with Crippen molar-refractivity contribution in [2.75, 3.05) is 4.90 Å². The maximum Gasteiger partial charge on any atom is 0.343 e. The van der Waals surface area contributed by atoms with Gasteiger partial charge in [0.05, 0.1) is 47.4 Å². The molecule has 0 aliphatic carbocycles. The zero-order chi connectivity index (χ0) is 24.0. The number of nitrogens with zero attached hydrogens (tertiary/aromatic N) is 2. The Bertz CT molecular complexity index is 1330. The molecule has 1 aliphatic heterocycles. The molecular formula is C21H8Cl4N2O6. The molecule has 2 amide bonds. The Kier molecular flexibility index (Phi) is 6.02. The summed E-state index contributed by atoms with van der Waals surface area (Å²) in [5.41, 5.74) is -0.412. The van der Waals surface area contributed by atoms with E-state index in [4.69, 9.17) is 51.1 Å². The second-order valence-electron chi connectivity index (χ2n) is 6.64. The van der Waals surface area contributed by atoms with Crippen molar-refractivity contribution in [2.45, 2.75) is 0 Å². The van der Waals surface area contributed by atoms with Gasteiger partial charge in [-0.05, 0) is 24.3 Å². The zero-order valence-corrected chi connectivity index (χ0v) is 19.0. The summed E-state index contributed by atoms with van der Waals surface area (Å²) in [7, 11) is 0. The van der Waals surface area contributed by atoms with Crippen LogP contribution < -0.4 is 9.64 Å². The number of anilines is 1. The molecule has 1 heterocycles. The van der Waals surface area contributed by atoms with E-state index in [-0.39, 0.29) is 53.9 Å². The molecule has 166 valence electrons. The van der Waals surface area contributed by atoms with E-state index in [0.29, 0.717) is 0 Å². The summed E-state index contributed by atoms with van der Waals surface area (Å²) < 4.78 is 5.28. The number of fused-ring (bicyclic) bond motifs is 1. The van der Waals surface area contributed by atoms with Crippen LogP contribution in [0.2, 0.25) is 20.1 Å². The third-order valence-corrected chi connectivity index (χ3v) is 6.50. The molecule has 0 saturated heterocycles. The summed E-state index contributed by atoms with van der Waals surface area (Å²) in [6.45, 7) is 0. The first-order chi connectivity index (χ1) is 15.6. The average molecular weight is 526 g/mol. The minimum Gasteiger partial charge on any atom is -0.423 e. The Morgan fingerprint density at radius 3 is 1.91 bits per heavy atom. The molecular weight excluding hydrogens is 518 g/mol. The molecule has 0 unspecified atom stereocenters. The van der Waals surface area contributed by atoms with Gasteiger partial charge in [-0.25, -0.2) is 9.69 Å². The number of amides is 2. The molecule has 3 aromatic rings. The average Bonchev–Trinajstić information content (AvgIpc) is 3.06. The number of benzene rings is 3. The highest BCUT2D eigenvalue weighted by Crippen LogP contribution is 2.45. The van der Waals surface area contributed by atoms with Gasteiger partial charge in [-0.15, -0.1) is 0 Å². The molecule has 4 rings (SSSR count).